The minimum Gasteiger partial charge on any atom is -0.494 e. The second kappa shape index (κ2) is 6.57. The summed E-state index contributed by atoms with van der Waals surface area (Å²) in [6, 6.07) is 5.38. The van der Waals surface area contributed by atoms with Crippen LogP contribution >= 0.6 is 0 Å². The molecule has 0 spiro atoms. The van der Waals surface area contributed by atoms with E-state index in [2.05, 4.69) is 4.90 Å². The number of hydrogen-bond acceptors (Lipinski definition) is 3. The summed E-state index contributed by atoms with van der Waals surface area (Å²) in [6.07, 6.45) is 0.905. The number of nitrogens with zero attached hydrogens (tertiary/aromatic N) is 1. The second-order valence-corrected chi connectivity index (χ2v) is 4.44. The molecule has 17 heavy (non-hydrogen) atoms. The molecule has 0 aromatic heterocycles. The van der Waals surface area contributed by atoms with Crippen molar-refractivity contribution >= 4 is 0 Å². The van der Waals surface area contributed by atoms with Gasteiger partial charge in [-0.25, -0.2) is 4.39 Å². The van der Waals surface area contributed by atoms with Gasteiger partial charge in [0.25, 0.3) is 0 Å². The van der Waals surface area contributed by atoms with Gasteiger partial charge in [0.15, 0.2) is 11.6 Å². The fraction of sp³-hybridized carbons (Fsp3) is 0.538. The molecule has 2 N–H and O–H groups in total. The number of halogens is 1. The lowest BCUT2D eigenvalue weighted by Gasteiger charge is -2.18. The van der Waals surface area contributed by atoms with Crippen molar-refractivity contribution in [3.63, 3.8) is 0 Å². The number of benzene rings is 1. The van der Waals surface area contributed by atoms with E-state index in [1.165, 1.54) is 7.11 Å². The van der Waals surface area contributed by atoms with Crippen molar-refractivity contribution in [2.45, 2.75) is 25.9 Å². The molecule has 96 valence electrons. The van der Waals surface area contributed by atoms with Gasteiger partial charge in [-0.3, -0.25) is 0 Å². The number of rotatable bonds is 6. The highest BCUT2D eigenvalue weighted by molar-refractivity contribution is 5.30. The Hall–Kier alpha value is -1.13. The largest absolute Gasteiger partial charge is 0.494 e. The van der Waals surface area contributed by atoms with Crippen LogP contribution in [0.4, 0.5) is 4.39 Å². The zero-order valence-electron chi connectivity index (χ0n) is 10.7. The summed E-state index contributed by atoms with van der Waals surface area (Å²) in [5.41, 5.74) is 6.34. The summed E-state index contributed by atoms with van der Waals surface area (Å²) in [6.45, 7) is 3.39. The normalized spacial score (nSPS) is 12.8. The lowest BCUT2D eigenvalue weighted by Crippen LogP contribution is -2.26. The topological polar surface area (TPSA) is 38.5 Å². The monoisotopic (exact) mass is 240 g/mol. The molecule has 0 radical (unpaired) electrons. The van der Waals surface area contributed by atoms with Gasteiger partial charge in [0.1, 0.15) is 0 Å². The molecule has 0 aliphatic heterocycles. The van der Waals surface area contributed by atoms with Crippen LogP contribution in [-0.2, 0) is 6.54 Å². The Kier molecular flexibility index (Phi) is 5.38. The van der Waals surface area contributed by atoms with Crippen LogP contribution in [0.3, 0.4) is 0 Å². The Balaban J connectivity index is 2.62. The number of nitrogens with two attached hydrogens (primary N) is 1. The van der Waals surface area contributed by atoms with Crippen molar-refractivity contribution in [3.8, 4) is 5.75 Å². The molecule has 0 aliphatic carbocycles. The maximum absolute atomic E-state index is 13.9. The predicted octanol–water partition coefficient (Wildman–Crippen LogP) is 2.00. The molecule has 0 fully saturated rings. The molecular weight excluding hydrogens is 219 g/mol. The average molecular weight is 240 g/mol. The molecule has 1 rings (SSSR count). The minimum atomic E-state index is -0.275. The van der Waals surface area contributed by atoms with E-state index in [9.17, 15) is 4.39 Å². The molecular formula is C13H21FN2O. The first kappa shape index (κ1) is 13.9. The van der Waals surface area contributed by atoms with Crippen LogP contribution in [-0.4, -0.2) is 31.6 Å². The van der Waals surface area contributed by atoms with Gasteiger partial charge in [-0.15, -0.1) is 0 Å². The molecule has 4 heteroatoms. The molecule has 1 atom stereocenters. The van der Waals surface area contributed by atoms with Gasteiger partial charge < -0.3 is 15.4 Å². The molecule has 0 heterocycles. The average Bonchev–Trinajstić information content (AvgIpc) is 2.29. The summed E-state index contributed by atoms with van der Waals surface area (Å²) in [4.78, 5) is 2.06. The lowest BCUT2D eigenvalue weighted by atomic mass is 10.1. The van der Waals surface area contributed by atoms with E-state index >= 15 is 0 Å². The van der Waals surface area contributed by atoms with E-state index in [1.807, 2.05) is 14.0 Å². The summed E-state index contributed by atoms with van der Waals surface area (Å²) in [7, 11) is 3.43. The van der Waals surface area contributed by atoms with E-state index in [1.54, 1.807) is 18.2 Å². The lowest BCUT2D eigenvalue weighted by molar-refractivity contribution is 0.305. The summed E-state index contributed by atoms with van der Waals surface area (Å²) < 4.78 is 18.8. The number of hydrogen-bond donors (Lipinski definition) is 1. The van der Waals surface area contributed by atoms with Gasteiger partial charge in [0, 0.05) is 18.2 Å². The zero-order chi connectivity index (χ0) is 12.8. The third-order valence-electron chi connectivity index (χ3n) is 2.67. The van der Waals surface area contributed by atoms with Gasteiger partial charge in [0.2, 0.25) is 0 Å². The molecule has 1 aromatic carbocycles. The first-order chi connectivity index (χ1) is 8.04. The van der Waals surface area contributed by atoms with Crippen molar-refractivity contribution < 1.29 is 9.13 Å². The molecule has 0 aliphatic rings. The molecule has 3 nitrogen and oxygen atoms in total. The van der Waals surface area contributed by atoms with E-state index in [-0.39, 0.29) is 11.9 Å². The molecule has 0 saturated heterocycles. The first-order valence-electron chi connectivity index (χ1n) is 5.80. The van der Waals surface area contributed by atoms with E-state index in [0.29, 0.717) is 17.9 Å². The van der Waals surface area contributed by atoms with Crippen LogP contribution in [0.2, 0.25) is 0 Å². The first-order valence-corrected chi connectivity index (χ1v) is 5.80. The minimum absolute atomic E-state index is 0.174. The highest BCUT2D eigenvalue weighted by Crippen LogP contribution is 2.20. The third-order valence-corrected chi connectivity index (χ3v) is 2.67. The molecule has 0 saturated carbocycles. The fourth-order valence-corrected chi connectivity index (χ4v) is 1.63. The Morgan fingerprint density at radius 2 is 2.18 bits per heavy atom. The van der Waals surface area contributed by atoms with Crippen LogP contribution in [0.5, 0.6) is 5.75 Å². The third kappa shape index (κ3) is 4.32. The van der Waals surface area contributed by atoms with Gasteiger partial charge in [0.05, 0.1) is 7.11 Å². The Bertz CT molecular complexity index is 355. The van der Waals surface area contributed by atoms with Crippen molar-refractivity contribution in [3.05, 3.63) is 29.6 Å². The highest BCUT2D eigenvalue weighted by Gasteiger charge is 2.10. The van der Waals surface area contributed by atoms with Crippen LogP contribution in [0.1, 0.15) is 18.9 Å². The van der Waals surface area contributed by atoms with Crippen molar-refractivity contribution in [2.75, 3.05) is 20.7 Å². The molecule has 0 bridgehead atoms. The quantitative estimate of drug-likeness (QED) is 0.826. The van der Waals surface area contributed by atoms with E-state index in [0.717, 1.165) is 13.0 Å². The maximum atomic E-state index is 13.9. The Labute approximate surface area is 102 Å². The highest BCUT2D eigenvalue weighted by atomic mass is 19.1. The van der Waals surface area contributed by atoms with Gasteiger partial charge in [-0.05, 0) is 33.0 Å². The van der Waals surface area contributed by atoms with Crippen LogP contribution in [0.15, 0.2) is 18.2 Å². The fourth-order valence-electron chi connectivity index (χ4n) is 1.63. The SMILES string of the molecule is COc1cccc(CN(C)CCC(C)N)c1F. The molecule has 1 aromatic rings. The smallest absolute Gasteiger partial charge is 0.169 e. The van der Waals surface area contributed by atoms with Gasteiger partial charge in [-0.1, -0.05) is 12.1 Å². The Morgan fingerprint density at radius 1 is 1.47 bits per heavy atom. The van der Waals surface area contributed by atoms with Gasteiger partial charge >= 0.3 is 0 Å². The summed E-state index contributed by atoms with van der Waals surface area (Å²) in [5, 5.41) is 0. The standard InChI is InChI=1S/C13H21FN2O/c1-10(15)7-8-16(2)9-11-5-4-6-12(17-3)13(11)14/h4-6,10H,7-9,15H2,1-3H3. The number of methoxy groups -OCH3 is 1. The van der Waals surface area contributed by atoms with E-state index < -0.39 is 0 Å². The van der Waals surface area contributed by atoms with Crippen LogP contribution < -0.4 is 10.5 Å². The van der Waals surface area contributed by atoms with Crippen molar-refractivity contribution in [2.24, 2.45) is 5.73 Å². The predicted molar refractivity (Wildman–Crippen MR) is 67.6 cm³/mol. The van der Waals surface area contributed by atoms with Crippen molar-refractivity contribution in [1.29, 1.82) is 0 Å². The maximum Gasteiger partial charge on any atom is 0.169 e. The number of ether oxygens (including phenoxy) is 1. The van der Waals surface area contributed by atoms with Crippen LogP contribution in [0, 0.1) is 5.82 Å². The van der Waals surface area contributed by atoms with Crippen LogP contribution in [0.25, 0.3) is 0 Å². The van der Waals surface area contributed by atoms with Crippen molar-refractivity contribution in [1.82, 2.24) is 4.90 Å². The second-order valence-electron chi connectivity index (χ2n) is 4.44. The zero-order valence-corrected chi connectivity index (χ0v) is 10.7. The van der Waals surface area contributed by atoms with Gasteiger partial charge in [-0.2, -0.15) is 0 Å². The van der Waals surface area contributed by atoms with E-state index in [4.69, 9.17) is 10.5 Å². The molecule has 1 unspecified atom stereocenters. The summed E-state index contributed by atoms with van der Waals surface area (Å²) in [5.74, 6) is 0.0192. The summed E-state index contributed by atoms with van der Waals surface area (Å²) >= 11 is 0. The Morgan fingerprint density at radius 3 is 2.76 bits per heavy atom. The molecule has 0 amide bonds.